The Bertz CT molecular complexity index is 474. The van der Waals surface area contributed by atoms with Gasteiger partial charge in [-0.1, -0.05) is 33.3 Å². The molecule has 2 unspecified atom stereocenters. The largest absolute Gasteiger partial charge is 0.482 e. The van der Waals surface area contributed by atoms with Crippen LogP contribution in [-0.4, -0.2) is 19.1 Å². The summed E-state index contributed by atoms with van der Waals surface area (Å²) in [6.45, 7) is 7.72. The van der Waals surface area contributed by atoms with Gasteiger partial charge in [-0.3, -0.25) is 4.79 Å². The van der Waals surface area contributed by atoms with Gasteiger partial charge in [-0.25, -0.2) is 0 Å². The molecule has 0 spiro atoms. The Morgan fingerprint density at radius 1 is 1.40 bits per heavy atom. The molecule has 0 saturated heterocycles. The van der Waals surface area contributed by atoms with Gasteiger partial charge < -0.3 is 15.4 Å². The number of nitrogens with one attached hydrogen (secondary N) is 2. The predicted molar refractivity (Wildman–Crippen MR) is 81.1 cm³/mol. The lowest BCUT2D eigenvalue weighted by Gasteiger charge is -2.27. The molecular weight excluding hydrogens is 252 g/mol. The Kier molecular flexibility index (Phi) is 5.01. The zero-order valence-corrected chi connectivity index (χ0v) is 12.5. The quantitative estimate of drug-likeness (QED) is 0.839. The number of fused-ring (bicyclic) bond motifs is 1. The topological polar surface area (TPSA) is 50.4 Å². The number of rotatable bonds is 6. The lowest BCUT2D eigenvalue weighted by Crippen LogP contribution is -2.29. The number of carbonyl (C=O) groups is 1. The van der Waals surface area contributed by atoms with Crippen molar-refractivity contribution in [1.29, 1.82) is 0 Å². The summed E-state index contributed by atoms with van der Waals surface area (Å²) in [6.07, 6.45) is 2.22. The van der Waals surface area contributed by atoms with E-state index in [-0.39, 0.29) is 12.5 Å². The van der Waals surface area contributed by atoms with Crippen molar-refractivity contribution in [2.24, 2.45) is 5.92 Å². The number of hydrogen-bond donors (Lipinski definition) is 2. The molecule has 0 saturated carbocycles. The number of hydrogen-bond acceptors (Lipinski definition) is 3. The van der Waals surface area contributed by atoms with Gasteiger partial charge in [-0.2, -0.15) is 0 Å². The second-order valence-electron chi connectivity index (χ2n) is 5.41. The third kappa shape index (κ3) is 3.31. The Morgan fingerprint density at radius 2 is 2.20 bits per heavy atom. The van der Waals surface area contributed by atoms with Gasteiger partial charge in [-0.15, -0.1) is 0 Å². The molecule has 1 amide bonds. The van der Waals surface area contributed by atoms with Crippen LogP contribution in [0.25, 0.3) is 0 Å². The van der Waals surface area contributed by atoms with Crippen LogP contribution in [-0.2, 0) is 4.79 Å². The Morgan fingerprint density at radius 3 is 2.90 bits per heavy atom. The molecule has 20 heavy (non-hydrogen) atoms. The highest BCUT2D eigenvalue weighted by molar-refractivity contribution is 5.95. The molecule has 1 aliphatic rings. The van der Waals surface area contributed by atoms with Crippen molar-refractivity contribution in [3.63, 3.8) is 0 Å². The van der Waals surface area contributed by atoms with Crippen molar-refractivity contribution in [3.05, 3.63) is 23.8 Å². The minimum atomic E-state index is -0.0868. The molecule has 0 bridgehead atoms. The summed E-state index contributed by atoms with van der Waals surface area (Å²) in [6, 6.07) is 6.39. The predicted octanol–water partition coefficient (Wildman–Crippen LogP) is 3.10. The smallest absolute Gasteiger partial charge is 0.262 e. The molecule has 2 N–H and O–H groups in total. The van der Waals surface area contributed by atoms with E-state index in [2.05, 4.69) is 37.5 Å². The van der Waals surface area contributed by atoms with Gasteiger partial charge >= 0.3 is 0 Å². The average molecular weight is 276 g/mol. The standard InChI is InChI=1S/C16H24N2O2/c1-4-8-17-16(11(3)5-2)12-6-7-14-13(9-12)18-15(19)10-20-14/h6-7,9,11,16-17H,4-5,8,10H2,1-3H3,(H,18,19). The molecule has 1 aromatic rings. The first-order valence-corrected chi connectivity index (χ1v) is 7.45. The third-order valence-corrected chi connectivity index (χ3v) is 3.82. The fraction of sp³-hybridized carbons (Fsp3) is 0.562. The number of carbonyl (C=O) groups excluding carboxylic acids is 1. The van der Waals surface area contributed by atoms with Crippen LogP contribution < -0.4 is 15.4 Å². The molecule has 0 fully saturated rings. The number of benzene rings is 1. The van der Waals surface area contributed by atoms with E-state index in [9.17, 15) is 4.79 Å². The van der Waals surface area contributed by atoms with Crippen LogP contribution in [0.2, 0.25) is 0 Å². The normalized spacial score (nSPS) is 16.9. The van der Waals surface area contributed by atoms with Gasteiger partial charge in [0.2, 0.25) is 0 Å². The van der Waals surface area contributed by atoms with Crippen molar-refractivity contribution >= 4 is 11.6 Å². The Labute approximate surface area is 120 Å². The molecular formula is C16H24N2O2. The molecule has 1 aliphatic heterocycles. The van der Waals surface area contributed by atoms with Crippen molar-refractivity contribution in [2.75, 3.05) is 18.5 Å². The minimum absolute atomic E-state index is 0.0868. The van der Waals surface area contributed by atoms with Crippen LogP contribution in [0.15, 0.2) is 18.2 Å². The highest BCUT2D eigenvalue weighted by Crippen LogP contribution is 2.33. The van der Waals surface area contributed by atoms with E-state index in [1.54, 1.807) is 0 Å². The van der Waals surface area contributed by atoms with Gasteiger partial charge in [0, 0.05) is 6.04 Å². The fourth-order valence-corrected chi connectivity index (χ4v) is 2.48. The second-order valence-corrected chi connectivity index (χ2v) is 5.41. The van der Waals surface area contributed by atoms with E-state index >= 15 is 0 Å². The lowest BCUT2D eigenvalue weighted by molar-refractivity contribution is -0.118. The summed E-state index contributed by atoms with van der Waals surface area (Å²) in [7, 11) is 0. The maximum absolute atomic E-state index is 11.4. The molecule has 0 aliphatic carbocycles. The molecule has 1 aromatic carbocycles. The highest BCUT2D eigenvalue weighted by Gasteiger charge is 2.21. The number of anilines is 1. The summed E-state index contributed by atoms with van der Waals surface area (Å²) in [5.74, 6) is 1.21. The number of ether oxygens (including phenoxy) is 1. The molecule has 4 nitrogen and oxygen atoms in total. The maximum atomic E-state index is 11.4. The van der Waals surface area contributed by atoms with Gasteiger partial charge in [0.25, 0.3) is 5.91 Å². The van der Waals surface area contributed by atoms with Crippen LogP contribution in [0.5, 0.6) is 5.75 Å². The highest BCUT2D eigenvalue weighted by atomic mass is 16.5. The molecule has 0 radical (unpaired) electrons. The Balaban J connectivity index is 2.24. The van der Waals surface area contributed by atoms with E-state index in [1.807, 2.05) is 12.1 Å². The van der Waals surface area contributed by atoms with Gasteiger partial charge in [0.15, 0.2) is 6.61 Å². The molecule has 2 atom stereocenters. The summed E-state index contributed by atoms with van der Waals surface area (Å²) < 4.78 is 5.41. The third-order valence-electron chi connectivity index (χ3n) is 3.82. The summed E-state index contributed by atoms with van der Waals surface area (Å²) in [5, 5.41) is 6.48. The zero-order valence-electron chi connectivity index (χ0n) is 12.5. The molecule has 1 heterocycles. The van der Waals surface area contributed by atoms with E-state index in [0.717, 1.165) is 30.8 Å². The average Bonchev–Trinajstić information content (AvgIpc) is 2.46. The van der Waals surface area contributed by atoms with Crippen molar-refractivity contribution in [3.8, 4) is 5.75 Å². The van der Waals surface area contributed by atoms with E-state index in [1.165, 1.54) is 5.56 Å². The second kappa shape index (κ2) is 6.75. The Hall–Kier alpha value is -1.55. The first-order valence-electron chi connectivity index (χ1n) is 7.45. The monoisotopic (exact) mass is 276 g/mol. The zero-order chi connectivity index (χ0) is 14.5. The van der Waals surface area contributed by atoms with Crippen molar-refractivity contribution < 1.29 is 9.53 Å². The first kappa shape index (κ1) is 14.9. The lowest BCUT2D eigenvalue weighted by atomic mass is 9.92. The summed E-state index contributed by atoms with van der Waals surface area (Å²) >= 11 is 0. The summed E-state index contributed by atoms with van der Waals surface area (Å²) in [4.78, 5) is 11.4. The molecule has 4 heteroatoms. The SMILES string of the molecule is CCCNC(c1ccc2c(c1)NC(=O)CO2)C(C)CC. The van der Waals surface area contributed by atoms with Crippen LogP contribution >= 0.6 is 0 Å². The molecule has 0 aromatic heterocycles. The summed E-state index contributed by atoms with van der Waals surface area (Å²) in [5.41, 5.74) is 1.99. The van der Waals surface area contributed by atoms with Crippen LogP contribution in [0, 0.1) is 5.92 Å². The van der Waals surface area contributed by atoms with Crippen LogP contribution in [0.3, 0.4) is 0 Å². The van der Waals surface area contributed by atoms with Crippen molar-refractivity contribution in [2.45, 2.75) is 39.7 Å². The first-order chi connectivity index (χ1) is 9.65. The van der Waals surface area contributed by atoms with Crippen LogP contribution in [0.1, 0.15) is 45.2 Å². The molecule has 110 valence electrons. The van der Waals surface area contributed by atoms with Gasteiger partial charge in [0.05, 0.1) is 5.69 Å². The van der Waals surface area contributed by atoms with Gasteiger partial charge in [-0.05, 0) is 36.6 Å². The minimum Gasteiger partial charge on any atom is -0.482 e. The number of amides is 1. The van der Waals surface area contributed by atoms with Crippen molar-refractivity contribution in [1.82, 2.24) is 5.32 Å². The van der Waals surface area contributed by atoms with Gasteiger partial charge in [0.1, 0.15) is 5.75 Å². The fourth-order valence-electron chi connectivity index (χ4n) is 2.48. The maximum Gasteiger partial charge on any atom is 0.262 e. The van der Waals surface area contributed by atoms with E-state index < -0.39 is 0 Å². The van der Waals surface area contributed by atoms with E-state index in [0.29, 0.717) is 12.0 Å². The molecule has 2 rings (SSSR count). The van der Waals surface area contributed by atoms with E-state index in [4.69, 9.17) is 4.74 Å². The van der Waals surface area contributed by atoms with Crippen LogP contribution in [0.4, 0.5) is 5.69 Å².